The zero-order valence-corrected chi connectivity index (χ0v) is 17.7. The number of aromatic hydroxyl groups is 1. The summed E-state index contributed by atoms with van der Waals surface area (Å²) in [4.78, 5) is 0.0998. The van der Waals surface area contributed by atoms with E-state index < -0.39 is 10.1 Å². The third-order valence-corrected chi connectivity index (χ3v) is 5.59. The number of hydrogen-bond donors (Lipinski definition) is 1. The lowest BCUT2D eigenvalue weighted by molar-refractivity contribution is 0.463. The maximum Gasteiger partial charge on any atom is 0.339 e. The van der Waals surface area contributed by atoms with Crippen LogP contribution < -0.4 is 4.18 Å². The molecule has 0 saturated heterocycles. The SMILES string of the molecule is CC(C)=CCC/C(C)=C/Cc1cc(OS(=O)(=O)c2ccc(C)cc2)ccc1O. The van der Waals surface area contributed by atoms with Crippen molar-refractivity contribution in [1.82, 2.24) is 0 Å². The Bertz CT molecular complexity index is 964. The molecule has 28 heavy (non-hydrogen) atoms. The molecule has 2 rings (SSSR count). The Morgan fingerprint density at radius 2 is 1.71 bits per heavy atom. The summed E-state index contributed by atoms with van der Waals surface area (Å²) in [5.41, 5.74) is 4.11. The minimum absolute atomic E-state index is 0.0998. The van der Waals surface area contributed by atoms with Crippen molar-refractivity contribution >= 4 is 10.1 Å². The van der Waals surface area contributed by atoms with Crippen LogP contribution in [0.5, 0.6) is 11.5 Å². The smallest absolute Gasteiger partial charge is 0.339 e. The van der Waals surface area contributed by atoms with Crippen LogP contribution >= 0.6 is 0 Å². The number of aryl methyl sites for hydroxylation is 1. The molecule has 4 nitrogen and oxygen atoms in total. The van der Waals surface area contributed by atoms with Crippen molar-refractivity contribution in [2.45, 2.75) is 51.9 Å². The van der Waals surface area contributed by atoms with Crippen LogP contribution in [0.25, 0.3) is 0 Å². The molecule has 0 aliphatic carbocycles. The predicted octanol–water partition coefficient (Wildman–Crippen LogP) is 5.70. The molecule has 0 aliphatic heterocycles. The van der Waals surface area contributed by atoms with Crippen molar-refractivity contribution in [3.8, 4) is 11.5 Å². The molecule has 0 bridgehead atoms. The molecule has 0 aromatic heterocycles. The molecular weight excluding hydrogens is 372 g/mol. The first-order valence-corrected chi connectivity index (χ1v) is 10.7. The van der Waals surface area contributed by atoms with Crippen molar-refractivity contribution in [1.29, 1.82) is 0 Å². The van der Waals surface area contributed by atoms with Gasteiger partial charge in [-0.15, -0.1) is 0 Å². The van der Waals surface area contributed by atoms with E-state index in [-0.39, 0.29) is 16.4 Å². The van der Waals surface area contributed by atoms with Gasteiger partial charge >= 0.3 is 10.1 Å². The van der Waals surface area contributed by atoms with Gasteiger partial charge in [0, 0.05) is 5.56 Å². The van der Waals surface area contributed by atoms with Crippen molar-refractivity contribution in [2.75, 3.05) is 0 Å². The molecule has 2 aromatic rings. The Hall–Kier alpha value is -2.53. The topological polar surface area (TPSA) is 63.6 Å². The molecule has 1 N–H and O–H groups in total. The van der Waals surface area contributed by atoms with Gasteiger partial charge < -0.3 is 9.29 Å². The van der Waals surface area contributed by atoms with Crippen LogP contribution in [0.4, 0.5) is 0 Å². The van der Waals surface area contributed by atoms with Crippen molar-refractivity contribution in [3.05, 3.63) is 76.9 Å². The summed E-state index contributed by atoms with van der Waals surface area (Å²) in [6, 6.07) is 11.0. The number of rotatable bonds is 8. The average molecular weight is 401 g/mol. The number of phenolic OH excluding ortho intramolecular Hbond substituents is 1. The first-order chi connectivity index (χ1) is 13.2. The second kappa shape index (κ2) is 9.60. The van der Waals surface area contributed by atoms with Crippen molar-refractivity contribution in [3.63, 3.8) is 0 Å². The van der Waals surface area contributed by atoms with E-state index in [2.05, 4.69) is 26.8 Å². The van der Waals surface area contributed by atoms with Gasteiger partial charge in [-0.1, -0.05) is 41.0 Å². The van der Waals surface area contributed by atoms with Crippen molar-refractivity contribution in [2.24, 2.45) is 0 Å². The molecular formula is C23H28O4S. The highest BCUT2D eigenvalue weighted by Crippen LogP contribution is 2.27. The summed E-state index contributed by atoms with van der Waals surface area (Å²) >= 11 is 0. The molecule has 150 valence electrons. The van der Waals surface area contributed by atoms with E-state index in [4.69, 9.17) is 4.18 Å². The Morgan fingerprint density at radius 3 is 2.36 bits per heavy atom. The van der Waals surface area contributed by atoms with Gasteiger partial charge in [-0.2, -0.15) is 8.42 Å². The molecule has 0 amide bonds. The normalized spacial score (nSPS) is 11.9. The van der Waals surface area contributed by atoms with Crippen LogP contribution in [-0.2, 0) is 16.5 Å². The van der Waals surface area contributed by atoms with Gasteiger partial charge in [0.15, 0.2) is 0 Å². The van der Waals surface area contributed by atoms with Crippen LogP contribution in [-0.4, -0.2) is 13.5 Å². The zero-order valence-electron chi connectivity index (χ0n) is 16.9. The van der Waals surface area contributed by atoms with E-state index in [1.807, 2.05) is 13.0 Å². The number of hydrogen-bond acceptors (Lipinski definition) is 4. The molecule has 0 spiro atoms. The summed E-state index contributed by atoms with van der Waals surface area (Å²) in [5, 5.41) is 10.1. The average Bonchev–Trinajstić information content (AvgIpc) is 2.62. The van der Waals surface area contributed by atoms with E-state index in [9.17, 15) is 13.5 Å². The molecule has 0 atom stereocenters. The zero-order chi connectivity index (χ0) is 20.7. The van der Waals surface area contributed by atoms with Gasteiger partial charge in [0.25, 0.3) is 0 Å². The van der Waals surface area contributed by atoms with E-state index in [1.54, 1.807) is 18.2 Å². The van der Waals surface area contributed by atoms with Crippen LogP contribution in [0.3, 0.4) is 0 Å². The highest BCUT2D eigenvalue weighted by Gasteiger charge is 2.17. The number of benzene rings is 2. The van der Waals surface area contributed by atoms with E-state index in [0.29, 0.717) is 12.0 Å². The summed E-state index contributed by atoms with van der Waals surface area (Å²) in [6.07, 6.45) is 6.68. The van der Waals surface area contributed by atoms with Gasteiger partial charge in [-0.3, -0.25) is 0 Å². The van der Waals surface area contributed by atoms with Crippen LogP contribution in [0, 0.1) is 6.92 Å². The largest absolute Gasteiger partial charge is 0.508 e. The summed E-state index contributed by atoms with van der Waals surface area (Å²) in [6.45, 7) is 8.09. The standard InChI is InChI=1S/C23H28O4S/c1-17(2)6-5-7-18(3)8-11-20-16-21(12-15-23(20)24)27-28(25,26)22-13-9-19(4)10-14-22/h6,8-10,12-16,24H,5,7,11H2,1-4H3/b18-8+. The van der Waals surface area contributed by atoms with Crippen molar-refractivity contribution < 1.29 is 17.7 Å². The maximum absolute atomic E-state index is 12.4. The summed E-state index contributed by atoms with van der Waals surface area (Å²) in [5.74, 6) is 0.303. The lowest BCUT2D eigenvalue weighted by atomic mass is 10.1. The molecule has 5 heteroatoms. The van der Waals surface area contributed by atoms with Gasteiger partial charge in [-0.25, -0.2) is 0 Å². The maximum atomic E-state index is 12.4. The minimum Gasteiger partial charge on any atom is -0.508 e. The lowest BCUT2D eigenvalue weighted by Gasteiger charge is -2.10. The van der Waals surface area contributed by atoms with Gasteiger partial charge in [0.2, 0.25) is 0 Å². The number of phenols is 1. The van der Waals surface area contributed by atoms with Crippen LogP contribution in [0.2, 0.25) is 0 Å². The Kier molecular flexibility index (Phi) is 7.46. The van der Waals surface area contributed by atoms with E-state index >= 15 is 0 Å². The third-order valence-electron chi connectivity index (χ3n) is 4.33. The number of allylic oxidation sites excluding steroid dienone is 4. The fourth-order valence-electron chi connectivity index (χ4n) is 2.63. The first kappa shape index (κ1) is 21.8. The summed E-state index contributed by atoms with van der Waals surface area (Å²) < 4.78 is 30.1. The van der Waals surface area contributed by atoms with Gasteiger partial charge in [0.1, 0.15) is 16.4 Å². The molecule has 0 saturated carbocycles. The molecule has 2 aromatic carbocycles. The molecule has 0 radical (unpaired) electrons. The van der Waals surface area contributed by atoms with Gasteiger partial charge in [-0.05, 0) is 77.3 Å². The third kappa shape index (κ3) is 6.57. The lowest BCUT2D eigenvalue weighted by Crippen LogP contribution is -2.09. The van der Waals surface area contributed by atoms with Gasteiger partial charge in [0.05, 0.1) is 0 Å². The monoisotopic (exact) mass is 400 g/mol. The fourth-order valence-corrected chi connectivity index (χ4v) is 3.55. The highest BCUT2D eigenvalue weighted by molar-refractivity contribution is 7.87. The van der Waals surface area contributed by atoms with E-state index in [0.717, 1.165) is 18.4 Å². The second-order valence-corrected chi connectivity index (χ2v) is 8.76. The molecule has 0 fully saturated rings. The fraction of sp³-hybridized carbons (Fsp3) is 0.304. The quantitative estimate of drug-likeness (QED) is 0.456. The molecule has 0 aliphatic rings. The Labute approximate surface area is 168 Å². The highest BCUT2D eigenvalue weighted by atomic mass is 32.2. The van der Waals surface area contributed by atoms with Crippen LogP contribution in [0.1, 0.15) is 44.7 Å². The minimum atomic E-state index is -3.91. The molecule has 0 unspecified atom stereocenters. The van der Waals surface area contributed by atoms with E-state index in [1.165, 1.54) is 35.4 Å². The summed E-state index contributed by atoms with van der Waals surface area (Å²) in [7, 11) is -3.91. The Balaban J connectivity index is 2.12. The molecule has 0 heterocycles. The van der Waals surface area contributed by atoms with Crippen LogP contribution in [0.15, 0.2) is 70.7 Å². The Morgan fingerprint density at radius 1 is 1.04 bits per heavy atom. The predicted molar refractivity (Wildman–Crippen MR) is 113 cm³/mol. The second-order valence-electron chi connectivity index (χ2n) is 7.22. The first-order valence-electron chi connectivity index (χ1n) is 9.29.